The van der Waals surface area contributed by atoms with E-state index in [0.717, 1.165) is 12.0 Å². The fraction of sp³-hybridized carbons (Fsp3) is 0.235. The van der Waals surface area contributed by atoms with Gasteiger partial charge >= 0.3 is 0 Å². The number of hydrogen-bond acceptors (Lipinski definition) is 5. The molecule has 3 aromatic rings. The molecule has 0 aliphatic heterocycles. The molecule has 0 aliphatic carbocycles. The van der Waals surface area contributed by atoms with Crippen LogP contribution in [0.2, 0.25) is 0 Å². The third-order valence-corrected chi connectivity index (χ3v) is 5.33. The quantitative estimate of drug-likeness (QED) is 0.665. The van der Waals surface area contributed by atoms with Gasteiger partial charge in [-0.2, -0.15) is 5.10 Å². The summed E-state index contributed by atoms with van der Waals surface area (Å²) < 4.78 is 29.9. The number of nitrogens with zero attached hydrogens (tertiary/aromatic N) is 4. The molecule has 2 aromatic heterocycles. The van der Waals surface area contributed by atoms with Crippen molar-refractivity contribution in [1.82, 2.24) is 24.3 Å². The first-order chi connectivity index (χ1) is 12.5. The number of hydrogen-bond donors (Lipinski definition) is 1. The van der Waals surface area contributed by atoms with Crippen LogP contribution in [0, 0.1) is 0 Å². The highest BCUT2D eigenvalue weighted by atomic mass is 32.2. The van der Waals surface area contributed by atoms with Crippen LogP contribution in [0.25, 0.3) is 5.82 Å². The Balaban J connectivity index is 1.69. The van der Waals surface area contributed by atoms with Gasteiger partial charge in [-0.05, 0) is 36.2 Å². The van der Waals surface area contributed by atoms with E-state index >= 15 is 0 Å². The molecule has 0 saturated heterocycles. The molecule has 0 spiro atoms. The molecule has 0 radical (unpaired) electrons. The van der Waals surface area contributed by atoms with Crippen LogP contribution >= 0.6 is 0 Å². The number of aryl methyl sites for hydroxylation is 1. The molecule has 8 nitrogen and oxygen atoms in total. The predicted molar refractivity (Wildman–Crippen MR) is 96.6 cm³/mol. The van der Waals surface area contributed by atoms with Crippen molar-refractivity contribution in [3.8, 4) is 5.82 Å². The number of rotatable bonds is 7. The van der Waals surface area contributed by atoms with Crippen molar-refractivity contribution < 1.29 is 8.42 Å². The van der Waals surface area contributed by atoms with Gasteiger partial charge < -0.3 is 0 Å². The fourth-order valence-electron chi connectivity index (χ4n) is 2.40. The zero-order valence-electron chi connectivity index (χ0n) is 14.2. The maximum Gasteiger partial charge on any atom is 0.266 e. The first-order valence-corrected chi connectivity index (χ1v) is 9.65. The van der Waals surface area contributed by atoms with Crippen LogP contribution in [0.5, 0.6) is 0 Å². The van der Waals surface area contributed by atoms with Crippen LogP contribution in [0.3, 0.4) is 0 Å². The summed E-state index contributed by atoms with van der Waals surface area (Å²) in [7, 11) is -3.63. The Morgan fingerprint density at radius 3 is 2.54 bits per heavy atom. The lowest BCUT2D eigenvalue weighted by Gasteiger charge is -2.09. The SMILES string of the molecule is CCc1ccc(S(=O)(=O)NCCn2nc(-n3cccn3)ccc2=O)cc1. The molecule has 1 aromatic carbocycles. The van der Waals surface area contributed by atoms with Crippen molar-refractivity contribution in [3.05, 3.63) is 70.8 Å². The van der Waals surface area contributed by atoms with Crippen LogP contribution in [0.15, 0.2) is 64.5 Å². The molecule has 0 aliphatic rings. The third-order valence-electron chi connectivity index (χ3n) is 3.85. The second-order valence-electron chi connectivity index (χ2n) is 5.60. The lowest BCUT2D eigenvalue weighted by atomic mass is 10.2. The minimum Gasteiger partial charge on any atom is -0.268 e. The average Bonchev–Trinajstić information content (AvgIpc) is 3.18. The average molecular weight is 373 g/mol. The molecule has 0 bridgehead atoms. The smallest absolute Gasteiger partial charge is 0.266 e. The number of benzene rings is 1. The summed E-state index contributed by atoms with van der Waals surface area (Å²) in [4.78, 5) is 12.1. The largest absolute Gasteiger partial charge is 0.268 e. The van der Waals surface area contributed by atoms with Crippen molar-refractivity contribution in [2.45, 2.75) is 24.8 Å². The lowest BCUT2D eigenvalue weighted by molar-refractivity contribution is 0.542. The Labute approximate surface area is 151 Å². The molecule has 0 unspecified atom stereocenters. The van der Waals surface area contributed by atoms with Gasteiger partial charge in [0, 0.05) is 25.0 Å². The molecular formula is C17H19N5O3S. The Morgan fingerprint density at radius 2 is 1.88 bits per heavy atom. The topological polar surface area (TPSA) is 98.9 Å². The molecule has 1 N–H and O–H groups in total. The summed E-state index contributed by atoms with van der Waals surface area (Å²) in [5.74, 6) is 0.479. The maximum atomic E-state index is 12.3. The third kappa shape index (κ3) is 4.06. The van der Waals surface area contributed by atoms with Crippen molar-refractivity contribution in [2.24, 2.45) is 0 Å². The Kier molecular flexibility index (Phi) is 5.29. The summed E-state index contributed by atoms with van der Waals surface area (Å²) in [5.41, 5.74) is 0.752. The van der Waals surface area contributed by atoms with Gasteiger partial charge in [-0.25, -0.2) is 22.5 Å². The van der Waals surface area contributed by atoms with Gasteiger partial charge in [-0.1, -0.05) is 19.1 Å². The van der Waals surface area contributed by atoms with Crippen LogP contribution in [0.4, 0.5) is 0 Å². The van der Waals surface area contributed by atoms with Crippen molar-refractivity contribution >= 4 is 10.0 Å². The van der Waals surface area contributed by atoms with Crippen LogP contribution in [-0.4, -0.2) is 34.5 Å². The van der Waals surface area contributed by atoms with Gasteiger partial charge in [0.15, 0.2) is 5.82 Å². The highest BCUT2D eigenvalue weighted by molar-refractivity contribution is 7.89. The van der Waals surface area contributed by atoms with Crippen molar-refractivity contribution in [3.63, 3.8) is 0 Å². The van der Waals surface area contributed by atoms with E-state index in [0.29, 0.717) is 5.82 Å². The van der Waals surface area contributed by atoms with Crippen LogP contribution < -0.4 is 10.3 Å². The number of sulfonamides is 1. The van der Waals surface area contributed by atoms with Crippen LogP contribution in [-0.2, 0) is 23.0 Å². The molecule has 0 fully saturated rings. The predicted octanol–water partition coefficient (Wildman–Crippen LogP) is 0.970. The highest BCUT2D eigenvalue weighted by Crippen LogP contribution is 2.10. The summed E-state index contributed by atoms with van der Waals surface area (Å²) in [6, 6.07) is 11.4. The van der Waals surface area contributed by atoms with Gasteiger partial charge in [0.1, 0.15) is 0 Å². The monoisotopic (exact) mass is 373 g/mol. The van der Waals surface area contributed by atoms with E-state index < -0.39 is 10.0 Å². The summed E-state index contributed by atoms with van der Waals surface area (Å²) in [6.07, 6.45) is 4.16. The fourth-order valence-corrected chi connectivity index (χ4v) is 3.42. The van der Waals surface area contributed by atoms with Gasteiger partial charge in [-0.3, -0.25) is 4.79 Å². The molecule has 9 heteroatoms. The van der Waals surface area contributed by atoms with Gasteiger partial charge in [0.25, 0.3) is 5.56 Å². The summed E-state index contributed by atoms with van der Waals surface area (Å²) in [6.45, 7) is 2.16. The second-order valence-corrected chi connectivity index (χ2v) is 7.37. The minimum absolute atomic E-state index is 0.0489. The second kappa shape index (κ2) is 7.63. The zero-order chi connectivity index (χ0) is 18.6. The molecular weight excluding hydrogens is 354 g/mol. The molecule has 26 heavy (non-hydrogen) atoms. The van der Waals surface area contributed by atoms with Gasteiger partial charge in [0.2, 0.25) is 10.0 Å². The van der Waals surface area contributed by atoms with E-state index in [-0.39, 0.29) is 23.5 Å². The maximum absolute atomic E-state index is 12.3. The minimum atomic E-state index is -3.63. The Morgan fingerprint density at radius 1 is 1.12 bits per heavy atom. The van der Waals surface area contributed by atoms with E-state index in [1.165, 1.54) is 15.4 Å². The van der Waals surface area contributed by atoms with Crippen LogP contribution in [0.1, 0.15) is 12.5 Å². The van der Waals surface area contributed by atoms with Crippen molar-refractivity contribution in [2.75, 3.05) is 6.54 Å². The van der Waals surface area contributed by atoms with E-state index in [2.05, 4.69) is 14.9 Å². The van der Waals surface area contributed by atoms with E-state index in [9.17, 15) is 13.2 Å². The zero-order valence-corrected chi connectivity index (χ0v) is 15.1. The molecule has 2 heterocycles. The van der Waals surface area contributed by atoms with Gasteiger partial charge in [0.05, 0.1) is 11.4 Å². The Hall–Kier alpha value is -2.78. The summed E-state index contributed by atoms with van der Waals surface area (Å²) >= 11 is 0. The lowest BCUT2D eigenvalue weighted by Crippen LogP contribution is -2.32. The van der Waals surface area contributed by atoms with E-state index in [1.54, 1.807) is 48.8 Å². The number of nitrogens with one attached hydrogen (secondary N) is 1. The van der Waals surface area contributed by atoms with Crippen molar-refractivity contribution in [1.29, 1.82) is 0 Å². The molecule has 3 rings (SSSR count). The molecule has 0 amide bonds. The van der Waals surface area contributed by atoms with Gasteiger partial charge in [-0.15, -0.1) is 5.10 Å². The molecule has 0 saturated carbocycles. The Bertz CT molecular complexity index is 1030. The van der Waals surface area contributed by atoms with E-state index in [4.69, 9.17) is 0 Å². The number of aromatic nitrogens is 4. The normalized spacial score (nSPS) is 11.6. The standard InChI is InChI=1S/C17H19N5O3S/c1-2-14-4-6-15(7-5-14)26(24,25)19-11-13-22-17(23)9-8-16(20-22)21-12-3-10-18-21/h3-10,12,19H,2,11,13H2,1H3. The first-order valence-electron chi connectivity index (χ1n) is 8.16. The first kappa shape index (κ1) is 18.0. The highest BCUT2D eigenvalue weighted by Gasteiger charge is 2.13. The summed E-state index contributed by atoms with van der Waals surface area (Å²) in [5, 5.41) is 8.26. The molecule has 0 atom stereocenters. The van der Waals surface area contributed by atoms with E-state index in [1.807, 2.05) is 6.92 Å². The molecule has 136 valence electrons.